The minimum absolute atomic E-state index is 0.199. The quantitative estimate of drug-likeness (QED) is 0.0736. The number of aliphatic hydroxyl groups is 12. The van der Waals surface area contributed by atoms with Crippen LogP contribution in [0.4, 0.5) is 0 Å². The number of hydrogen-bond donors (Lipinski definition) is 13. The first-order valence-electron chi connectivity index (χ1n) is 19.3. The third-order valence-electron chi connectivity index (χ3n) is 11.8. The fourth-order valence-corrected chi connectivity index (χ4v) is 8.14. The smallest absolute Gasteiger partial charge is 0.364 e. The highest BCUT2D eigenvalue weighted by atomic mass is 16.7. The minimum atomic E-state index is -2.61. The van der Waals surface area contributed by atoms with Gasteiger partial charge in [-0.05, 0) is 5.41 Å². The van der Waals surface area contributed by atoms with Crippen molar-refractivity contribution in [3.05, 3.63) is 0 Å². The monoisotopic (exact) mass is 832 g/mol. The molecule has 57 heavy (non-hydrogen) atoms. The van der Waals surface area contributed by atoms with Crippen LogP contribution in [-0.2, 0) is 38.0 Å². The molecule has 0 bridgehead atoms. The van der Waals surface area contributed by atoms with Crippen molar-refractivity contribution in [2.75, 3.05) is 26.4 Å². The molecule has 0 aromatic rings. The van der Waals surface area contributed by atoms with Crippen LogP contribution in [0, 0.1) is 23.2 Å². The number of hydrogen-bond acceptors (Lipinski definition) is 20. The van der Waals surface area contributed by atoms with Crippen LogP contribution < -0.4 is 0 Å². The van der Waals surface area contributed by atoms with Gasteiger partial charge in [-0.3, -0.25) is 0 Å². The van der Waals surface area contributed by atoms with Gasteiger partial charge in [-0.15, -0.1) is 0 Å². The minimum Gasteiger partial charge on any atom is -0.477 e. The third-order valence-corrected chi connectivity index (χ3v) is 11.8. The van der Waals surface area contributed by atoms with Crippen LogP contribution in [0.25, 0.3) is 0 Å². The van der Waals surface area contributed by atoms with Crippen molar-refractivity contribution < 1.29 is 104 Å². The van der Waals surface area contributed by atoms with E-state index in [0.717, 1.165) is 0 Å². The molecule has 4 fully saturated rings. The number of carbonyl (C=O) groups is 1. The summed E-state index contributed by atoms with van der Waals surface area (Å²) < 4.78 is 41.5. The van der Waals surface area contributed by atoms with Crippen LogP contribution in [-0.4, -0.2) is 215 Å². The fourth-order valence-electron chi connectivity index (χ4n) is 8.14. The Hall–Kier alpha value is -1.29. The highest BCUT2D eigenvalue weighted by molar-refractivity contribution is 5.76. The second-order valence-electron chi connectivity index (χ2n) is 17.0. The SMILES string of the molecule is CC1[C@@H](O[C@@H]2OC(CO)[C@H](O)[C@H](O[C@@H]3C[C@@H](O)[C@@H](C)C([C@H](O)[C@H](O)CO)O3)C2O)[C@@H](O)C(CO[C@]2(C(=O)O)C[C@@H](O)[C@@H](C)C([C@H](O)[C@H](O)CO)O2)O[C@H]1C(C)(C)C. The maximum atomic E-state index is 12.7. The molecular weight excluding hydrogens is 768 g/mol. The van der Waals surface area contributed by atoms with Gasteiger partial charge in [0.1, 0.15) is 61.0 Å². The highest BCUT2D eigenvalue weighted by Crippen LogP contribution is 2.42. The van der Waals surface area contributed by atoms with E-state index in [1.54, 1.807) is 13.8 Å². The molecule has 22 atom stereocenters. The average molecular weight is 833 g/mol. The Kier molecular flexibility index (Phi) is 16.6. The van der Waals surface area contributed by atoms with E-state index < -0.39 is 178 Å². The van der Waals surface area contributed by atoms with Crippen molar-refractivity contribution in [1.29, 1.82) is 0 Å². The van der Waals surface area contributed by atoms with E-state index in [2.05, 4.69) is 0 Å². The van der Waals surface area contributed by atoms with Crippen molar-refractivity contribution in [1.82, 2.24) is 0 Å². The zero-order chi connectivity index (χ0) is 42.9. The van der Waals surface area contributed by atoms with Gasteiger partial charge in [0.25, 0.3) is 5.79 Å². The molecule has 0 amide bonds. The highest BCUT2D eigenvalue weighted by Gasteiger charge is 2.57. The van der Waals surface area contributed by atoms with Crippen molar-refractivity contribution in [3.8, 4) is 0 Å². The summed E-state index contributed by atoms with van der Waals surface area (Å²) in [5.41, 5.74) is -0.658. The lowest BCUT2D eigenvalue weighted by atomic mass is 9.75. The Balaban J connectivity index is 1.57. The molecule has 0 saturated carbocycles. The molecule has 6 unspecified atom stereocenters. The molecule has 4 saturated heterocycles. The van der Waals surface area contributed by atoms with Crippen molar-refractivity contribution in [3.63, 3.8) is 0 Å². The Labute approximate surface area is 330 Å². The predicted octanol–water partition coefficient (Wildman–Crippen LogP) is -4.87. The molecule has 0 radical (unpaired) electrons. The van der Waals surface area contributed by atoms with Gasteiger partial charge in [0.05, 0.1) is 63.1 Å². The van der Waals surface area contributed by atoms with E-state index in [-0.39, 0.29) is 6.42 Å². The van der Waals surface area contributed by atoms with Gasteiger partial charge in [0, 0.05) is 30.6 Å². The summed E-state index contributed by atoms with van der Waals surface area (Å²) in [7, 11) is 0. The van der Waals surface area contributed by atoms with Crippen LogP contribution in [0.15, 0.2) is 0 Å². The Bertz CT molecular complexity index is 1270. The van der Waals surface area contributed by atoms with E-state index in [0.29, 0.717) is 0 Å². The van der Waals surface area contributed by atoms with Crippen LogP contribution in [0.5, 0.6) is 0 Å². The molecule has 13 N–H and O–H groups in total. The van der Waals surface area contributed by atoms with Crippen molar-refractivity contribution in [2.24, 2.45) is 23.2 Å². The Morgan fingerprint density at radius 3 is 1.84 bits per heavy atom. The predicted molar refractivity (Wildman–Crippen MR) is 188 cm³/mol. The number of ether oxygens (including phenoxy) is 7. The summed E-state index contributed by atoms with van der Waals surface area (Å²) >= 11 is 0. The Morgan fingerprint density at radius 2 is 1.30 bits per heavy atom. The van der Waals surface area contributed by atoms with E-state index in [1.165, 1.54) is 6.92 Å². The number of carboxylic acids is 1. The number of carboxylic acid groups (broad SMARTS) is 1. The van der Waals surface area contributed by atoms with Gasteiger partial charge in [-0.25, -0.2) is 4.79 Å². The lowest BCUT2D eigenvalue weighted by Gasteiger charge is -2.51. The average Bonchev–Trinajstić information content (AvgIpc) is 3.16. The van der Waals surface area contributed by atoms with Gasteiger partial charge >= 0.3 is 5.97 Å². The molecule has 334 valence electrons. The zero-order valence-corrected chi connectivity index (χ0v) is 32.9. The van der Waals surface area contributed by atoms with Crippen LogP contribution >= 0.6 is 0 Å². The number of aliphatic carboxylic acids is 1. The van der Waals surface area contributed by atoms with Crippen LogP contribution in [0.2, 0.25) is 0 Å². The lowest BCUT2D eigenvalue weighted by Crippen LogP contribution is -2.65. The molecule has 21 heteroatoms. The first-order valence-corrected chi connectivity index (χ1v) is 19.3. The van der Waals surface area contributed by atoms with Gasteiger partial charge in [0.15, 0.2) is 12.6 Å². The topological polar surface area (TPSA) is 345 Å². The first-order chi connectivity index (χ1) is 26.5. The molecule has 21 nitrogen and oxygen atoms in total. The summed E-state index contributed by atoms with van der Waals surface area (Å²) in [5.74, 6) is -6.62. The second-order valence-corrected chi connectivity index (χ2v) is 17.0. The maximum absolute atomic E-state index is 12.7. The molecule has 0 aromatic carbocycles. The zero-order valence-electron chi connectivity index (χ0n) is 32.9. The van der Waals surface area contributed by atoms with Crippen LogP contribution in [0.1, 0.15) is 54.4 Å². The molecule has 4 aliphatic rings. The number of aliphatic hydroxyl groups excluding tert-OH is 12. The Morgan fingerprint density at radius 1 is 0.737 bits per heavy atom. The molecule has 4 rings (SSSR count). The summed E-state index contributed by atoms with van der Waals surface area (Å²) in [6.45, 7) is 7.01. The molecule has 4 heterocycles. The summed E-state index contributed by atoms with van der Waals surface area (Å²) in [5, 5.41) is 136. The van der Waals surface area contributed by atoms with E-state index in [9.17, 15) is 71.2 Å². The lowest BCUT2D eigenvalue weighted by molar-refractivity contribution is -0.366. The molecule has 4 aliphatic heterocycles. The molecule has 0 aliphatic carbocycles. The summed E-state index contributed by atoms with van der Waals surface area (Å²) in [6.07, 6.45) is -27.6. The van der Waals surface area contributed by atoms with E-state index in [1.807, 2.05) is 20.8 Å². The first kappa shape index (κ1) is 48.4. The summed E-state index contributed by atoms with van der Waals surface area (Å²) in [4.78, 5) is 12.7. The molecular formula is C36H64O21. The van der Waals surface area contributed by atoms with Gasteiger partial charge < -0.3 is 99.5 Å². The van der Waals surface area contributed by atoms with E-state index >= 15 is 0 Å². The molecule has 0 spiro atoms. The van der Waals surface area contributed by atoms with Crippen molar-refractivity contribution in [2.45, 2.75) is 170 Å². The van der Waals surface area contributed by atoms with Gasteiger partial charge in [-0.2, -0.15) is 0 Å². The van der Waals surface area contributed by atoms with Crippen molar-refractivity contribution >= 4 is 5.97 Å². The standard InChI is InChI=1S/C36H64O21/c1-13-16(40)7-22(54-28(13)23(44)18(42)9-37)55-31-25(46)20(11-39)53-33(27(31)48)56-29-15(3)32(35(4,5)6)52-21(26(29)47)12-51-36(34(49)50)8-17(41)14(2)30(57-36)24(45)19(43)10-38/h13-33,37-48H,7-12H2,1-6H3,(H,49,50)/t13-,14-,15?,16-,17-,18-,19-,20?,21?,22-,23-,24-,25+,26+,27?,28?,29-,30?,31+,32-,33+,36-/m1/s1. The van der Waals surface area contributed by atoms with E-state index in [4.69, 9.17) is 33.2 Å². The number of rotatable bonds is 15. The van der Waals surface area contributed by atoms with Crippen LogP contribution in [0.3, 0.4) is 0 Å². The summed E-state index contributed by atoms with van der Waals surface area (Å²) in [6, 6.07) is 0. The second kappa shape index (κ2) is 19.6. The largest absolute Gasteiger partial charge is 0.477 e. The van der Waals surface area contributed by atoms with Gasteiger partial charge in [-0.1, -0.05) is 41.5 Å². The fraction of sp³-hybridized carbons (Fsp3) is 0.972. The maximum Gasteiger partial charge on any atom is 0.364 e. The molecule has 0 aromatic heterocycles. The van der Waals surface area contributed by atoms with Gasteiger partial charge in [0.2, 0.25) is 0 Å². The normalized spacial score (nSPS) is 45.5. The third kappa shape index (κ3) is 10.4.